The number of nitrogens with zero attached hydrogens (tertiary/aromatic N) is 1. The van der Waals surface area contributed by atoms with Crippen molar-refractivity contribution in [2.75, 3.05) is 13.6 Å². The molecule has 8 heteroatoms. The first-order valence-corrected chi connectivity index (χ1v) is 7.08. The van der Waals surface area contributed by atoms with Crippen LogP contribution in [0, 0.1) is 6.92 Å². The fourth-order valence-corrected chi connectivity index (χ4v) is 2.83. The highest BCUT2D eigenvalue weighted by Gasteiger charge is 2.27. The third-order valence-electron chi connectivity index (χ3n) is 2.63. The van der Waals surface area contributed by atoms with E-state index in [1.807, 2.05) is 0 Å². The lowest BCUT2D eigenvalue weighted by molar-refractivity contribution is 0.0661. The smallest absolute Gasteiger partial charge is 0.371 e. The summed E-state index contributed by atoms with van der Waals surface area (Å²) in [5.41, 5.74) is 0. The van der Waals surface area contributed by atoms with Crippen molar-refractivity contribution in [3.8, 4) is 0 Å². The number of rotatable bonds is 6. The Labute approximate surface area is 111 Å². The number of furan rings is 1. The van der Waals surface area contributed by atoms with E-state index < -0.39 is 27.9 Å². The van der Waals surface area contributed by atoms with Gasteiger partial charge in [-0.15, -0.1) is 0 Å². The van der Waals surface area contributed by atoms with Gasteiger partial charge in [-0.25, -0.2) is 17.5 Å². The lowest BCUT2D eigenvalue weighted by Gasteiger charge is -2.17. The molecular weight excluding hydrogens is 274 g/mol. The number of aryl methyl sites for hydroxylation is 1. The molecule has 1 aromatic heterocycles. The maximum Gasteiger partial charge on any atom is 0.371 e. The Morgan fingerprint density at radius 2 is 2.11 bits per heavy atom. The monoisotopic (exact) mass is 291 g/mol. The zero-order valence-corrected chi connectivity index (χ0v) is 11.8. The summed E-state index contributed by atoms with van der Waals surface area (Å²) in [6.07, 6.45) is -0.323. The lowest BCUT2D eigenvalue weighted by Crippen LogP contribution is -2.29. The van der Waals surface area contributed by atoms with Gasteiger partial charge in [0, 0.05) is 19.7 Å². The Morgan fingerprint density at radius 1 is 1.53 bits per heavy atom. The highest BCUT2D eigenvalue weighted by molar-refractivity contribution is 7.89. The number of aliphatic hydroxyl groups is 1. The van der Waals surface area contributed by atoms with Crippen LogP contribution in [-0.2, 0) is 10.0 Å². The largest absolute Gasteiger partial charge is 0.475 e. The molecule has 1 unspecified atom stereocenters. The number of aromatic carboxylic acids is 1. The van der Waals surface area contributed by atoms with Crippen molar-refractivity contribution in [1.29, 1.82) is 0 Å². The van der Waals surface area contributed by atoms with E-state index in [-0.39, 0.29) is 17.2 Å². The van der Waals surface area contributed by atoms with Crippen molar-refractivity contribution in [2.45, 2.75) is 31.3 Å². The van der Waals surface area contributed by atoms with Gasteiger partial charge in [0.1, 0.15) is 10.7 Å². The Balaban J connectivity index is 3.03. The van der Waals surface area contributed by atoms with Gasteiger partial charge < -0.3 is 14.6 Å². The first-order valence-electron chi connectivity index (χ1n) is 5.64. The Kier molecular flexibility index (Phi) is 4.72. The molecule has 0 spiro atoms. The predicted molar refractivity (Wildman–Crippen MR) is 66.5 cm³/mol. The van der Waals surface area contributed by atoms with Crippen LogP contribution in [0.3, 0.4) is 0 Å². The summed E-state index contributed by atoms with van der Waals surface area (Å²) in [6, 6.07) is 0.992. The summed E-state index contributed by atoms with van der Waals surface area (Å²) in [4.78, 5) is 10.6. The molecule has 1 aromatic rings. The third kappa shape index (κ3) is 3.55. The van der Waals surface area contributed by atoms with E-state index >= 15 is 0 Å². The van der Waals surface area contributed by atoms with E-state index in [9.17, 15) is 13.2 Å². The van der Waals surface area contributed by atoms with Gasteiger partial charge in [-0.2, -0.15) is 0 Å². The molecule has 1 heterocycles. The number of carbonyl (C=O) groups is 1. The SMILES string of the molecule is Cc1oc(C(=O)O)cc1S(=O)(=O)N(C)CCC(C)O. The van der Waals surface area contributed by atoms with Crippen LogP contribution in [0.4, 0.5) is 0 Å². The van der Waals surface area contributed by atoms with Crippen LogP contribution in [0.2, 0.25) is 0 Å². The molecule has 0 aliphatic rings. The van der Waals surface area contributed by atoms with Crippen LogP contribution in [-0.4, -0.2) is 48.6 Å². The maximum absolute atomic E-state index is 12.2. The molecule has 0 aliphatic carbocycles. The molecule has 0 aromatic carbocycles. The minimum Gasteiger partial charge on any atom is -0.475 e. The number of carboxylic acid groups (broad SMARTS) is 1. The standard InChI is InChI=1S/C11H17NO6S/c1-7(13)4-5-12(3)19(16,17)10-6-9(11(14)15)18-8(10)2/h6-7,13H,4-5H2,1-3H3,(H,14,15). The van der Waals surface area contributed by atoms with Gasteiger partial charge in [0.05, 0.1) is 6.10 Å². The van der Waals surface area contributed by atoms with E-state index in [1.54, 1.807) is 6.92 Å². The first kappa shape index (κ1) is 15.7. The van der Waals surface area contributed by atoms with Crippen molar-refractivity contribution < 1.29 is 27.8 Å². The molecule has 1 rings (SSSR count). The van der Waals surface area contributed by atoms with Crippen LogP contribution in [0.15, 0.2) is 15.4 Å². The summed E-state index contributed by atoms with van der Waals surface area (Å²) < 4.78 is 30.3. The van der Waals surface area contributed by atoms with Crippen molar-refractivity contribution in [2.24, 2.45) is 0 Å². The molecule has 0 bridgehead atoms. The van der Waals surface area contributed by atoms with Gasteiger partial charge in [-0.05, 0) is 20.3 Å². The van der Waals surface area contributed by atoms with Crippen molar-refractivity contribution >= 4 is 16.0 Å². The summed E-state index contributed by atoms with van der Waals surface area (Å²) in [7, 11) is -2.45. The normalized spacial score (nSPS) is 13.7. The summed E-state index contributed by atoms with van der Waals surface area (Å²) in [5, 5.41) is 17.9. The molecule has 108 valence electrons. The van der Waals surface area contributed by atoms with Crippen LogP contribution in [0.25, 0.3) is 0 Å². The van der Waals surface area contributed by atoms with Crippen LogP contribution >= 0.6 is 0 Å². The minimum atomic E-state index is -3.81. The number of carboxylic acids is 1. The minimum absolute atomic E-state index is 0.0290. The number of aliphatic hydroxyl groups excluding tert-OH is 1. The van der Waals surface area contributed by atoms with E-state index in [1.165, 1.54) is 14.0 Å². The van der Waals surface area contributed by atoms with Crippen LogP contribution in [0.5, 0.6) is 0 Å². The Hall–Kier alpha value is -1.38. The molecule has 0 fully saturated rings. The lowest BCUT2D eigenvalue weighted by atomic mass is 10.3. The van der Waals surface area contributed by atoms with E-state index in [4.69, 9.17) is 14.6 Å². The number of hydrogen-bond donors (Lipinski definition) is 2. The third-order valence-corrected chi connectivity index (χ3v) is 4.60. The molecular formula is C11H17NO6S. The highest BCUT2D eigenvalue weighted by atomic mass is 32.2. The molecule has 0 saturated heterocycles. The van der Waals surface area contributed by atoms with Gasteiger partial charge in [0.15, 0.2) is 0 Å². The second-order valence-electron chi connectivity index (χ2n) is 4.30. The van der Waals surface area contributed by atoms with Crippen LogP contribution < -0.4 is 0 Å². The zero-order chi connectivity index (χ0) is 14.8. The van der Waals surface area contributed by atoms with E-state index in [0.29, 0.717) is 6.42 Å². The van der Waals surface area contributed by atoms with Crippen molar-refractivity contribution in [3.63, 3.8) is 0 Å². The van der Waals surface area contributed by atoms with Crippen LogP contribution in [0.1, 0.15) is 29.7 Å². The highest BCUT2D eigenvalue weighted by Crippen LogP contribution is 2.23. The zero-order valence-electron chi connectivity index (χ0n) is 11.0. The second kappa shape index (κ2) is 5.72. The molecule has 1 atom stereocenters. The van der Waals surface area contributed by atoms with Gasteiger partial charge in [0.2, 0.25) is 15.8 Å². The van der Waals surface area contributed by atoms with Gasteiger partial charge in [-0.1, -0.05) is 0 Å². The van der Waals surface area contributed by atoms with Crippen molar-refractivity contribution in [3.05, 3.63) is 17.6 Å². The summed E-state index contributed by atoms with van der Waals surface area (Å²) in [6.45, 7) is 3.08. The topological polar surface area (TPSA) is 108 Å². The van der Waals surface area contributed by atoms with Gasteiger partial charge in [-0.3, -0.25) is 0 Å². The average molecular weight is 291 g/mol. The molecule has 19 heavy (non-hydrogen) atoms. The predicted octanol–water partition coefficient (Wildman–Crippen LogP) is 0.678. The van der Waals surface area contributed by atoms with Gasteiger partial charge >= 0.3 is 5.97 Å². The molecule has 0 radical (unpaired) electrons. The van der Waals surface area contributed by atoms with E-state index in [0.717, 1.165) is 10.4 Å². The van der Waals surface area contributed by atoms with Gasteiger partial charge in [0.25, 0.3) is 0 Å². The maximum atomic E-state index is 12.2. The van der Waals surface area contributed by atoms with E-state index in [2.05, 4.69) is 0 Å². The summed E-state index contributed by atoms with van der Waals surface area (Å²) >= 11 is 0. The Bertz CT molecular complexity index is 560. The number of sulfonamides is 1. The average Bonchev–Trinajstić information content (AvgIpc) is 2.68. The first-order chi connectivity index (χ1) is 8.66. The summed E-state index contributed by atoms with van der Waals surface area (Å²) in [5.74, 6) is -1.71. The fraction of sp³-hybridized carbons (Fsp3) is 0.545. The molecule has 0 saturated carbocycles. The molecule has 0 amide bonds. The quantitative estimate of drug-likeness (QED) is 0.797. The number of hydrogen-bond acceptors (Lipinski definition) is 5. The molecule has 7 nitrogen and oxygen atoms in total. The molecule has 0 aliphatic heterocycles. The molecule has 2 N–H and O–H groups in total. The fourth-order valence-electron chi connectivity index (χ4n) is 1.48. The second-order valence-corrected chi connectivity index (χ2v) is 6.31. The van der Waals surface area contributed by atoms with Crippen molar-refractivity contribution in [1.82, 2.24) is 4.31 Å². The Morgan fingerprint density at radius 3 is 2.53 bits per heavy atom.